The summed E-state index contributed by atoms with van der Waals surface area (Å²) in [4.78, 5) is 16.4. The summed E-state index contributed by atoms with van der Waals surface area (Å²) >= 11 is 14.6. The number of nitrogens with one attached hydrogen (secondary N) is 1. The minimum atomic E-state index is -0.368. The van der Waals surface area contributed by atoms with Crippen LogP contribution in [-0.2, 0) is 0 Å². The first-order valence-electron chi connectivity index (χ1n) is 5.75. The van der Waals surface area contributed by atoms with Gasteiger partial charge in [0.1, 0.15) is 0 Å². The number of hydrogen-bond donors (Lipinski definition) is 1. The molecule has 1 N–H and O–H groups in total. The van der Waals surface area contributed by atoms with Gasteiger partial charge in [0.05, 0.1) is 37.3 Å². The molecule has 0 unspecified atom stereocenters. The number of benzene rings is 1. The number of anilines is 1. The molecule has 0 aliphatic rings. The predicted octanol–water partition coefficient (Wildman–Crippen LogP) is 4.63. The number of nitrogens with zero attached hydrogens (tertiary/aromatic N) is 2. The predicted molar refractivity (Wildman–Crippen MR) is 87.6 cm³/mol. The van der Waals surface area contributed by atoms with E-state index in [0.29, 0.717) is 21.5 Å². The Balaban J connectivity index is 2.17. The van der Waals surface area contributed by atoms with Crippen LogP contribution in [0, 0.1) is 18.3 Å². The molecule has 0 aliphatic carbocycles. The van der Waals surface area contributed by atoms with Gasteiger partial charge in [0.2, 0.25) is 0 Å². The Labute approximate surface area is 140 Å². The van der Waals surface area contributed by atoms with Crippen LogP contribution in [0.2, 0.25) is 10.0 Å². The number of amides is 1. The Kier molecular flexibility index (Phi) is 5.48. The van der Waals surface area contributed by atoms with Crippen LogP contribution in [0.4, 0.5) is 5.13 Å². The number of aromatic nitrogens is 1. The number of thiazole rings is 1. The van der Waals surface area contributed by atoms with E-state index in [-0.39, 0.29) is 10.9 Å². The molecule has 1 amide bonds. The lowest BCUT2D eigenvalue weighted by molar-refractivity contribution is 0.102. The number of rotatable bonds is 4. The monoisotopic (exact) mass is 357 g/mol. The average molecular weight is 358 g/mol. The highest BCUT2D eigenvalue weighted by molar-refractivity contribution is 8.01. The summed E-state index contributed by atoms with van der Waals surface area (Å²) in [5, 5.41) is 12.3. The van der Waals surface area contributed by atoms with Gasteiger partial charge in [0.15, 0.2) is 5.13 Å². The number of carbonyl (C=O) groups excluding carboxylic acids is 1. The Bertz CT molecular complexity index is 725. The van der Waals surface area contributed by atoms with Gasteiger partial charge in [-0.15, -0.1) is 0 Å². The highest BCUT2D eigenvalue weighted by Crippen LogP contribution is 2.32. The molecule has 108 valence electrons. The van der Waals surface area contributed by atoms with Crippen LogP contribution in [0.1, 0.15) is 16.1 Å². The molecule has 1 aromatic heterocycles. The SMILES string of the molecule is Cc1nc(NC(=O)c2cccc(Cl)c2Cl)sc1SCC#N. The van der Waals surface area contributed by atoms with Crippen LogP contribution in [0.25, 0.3) is 0 Å². The van der Waals surface area contributed by atoms with Crippen molar-refractivity contribution in [2.75, 3.05) is 11.1 Å². The summed E-state index contributed by atoms with van der Waals surface area (Å²) in [6, 6.07) is 6.92. The topological polar surface area (TPSA) is 65.8 Å². The van der Waals surface area contributed by atoms with Gasteiger partial charge in [-0.3, -0.25) is 10.1 Å². The standard InChI is InChI=1S/C13H9Cl2N3OS2/c1-7-12(20-6-5-16)21-13(17-7)18-11(19)8-3-2-4-9(14)10(8)15/h2-4H,6H2,1H3,(H,17,18,19). The van der Waals surface area contributed by atoms with Crippen molar-refractivity contribution in [3.63, 3.8) is 0 Å². The molecule has 0 saturated heterocycles. The van der Waals surface area contributed by atoms with E-state index < -0.39 is 0 Å². The van der Waals surface area contributed by atoms with Gasteiger partial charge >= 0.3 is 0 Å². The molecule has 0 aliphatic heterocycles. The van der Waals surface area contributed by atoms with Crippen LogP contribution in [0.3, 0.4) is 0 Å². The third-order valence-electron chi connectivity index (χ3n) is 2.44. The van der Waals surface area contributed by atoms with Crippen molar-refractivity contribution in [3.05, 3.63) is 39.5 Å². The number of halogens is 2. The first-order chi connectivity index (χ1) is 10.0. The maximum absolute atomic E-state index is 12.2. The molecule has 0 saturated carbocycles. The minimum Gasteiger partial charge on any atom is -0.298 e. The molecule has 0 bridgehead atoms. The van der Waals surface area contributed by atoms with Crippen molar-refractivity contribution in [3.8, 4) is 6.07 Å². The normalized spacial score (nSPS) is 10.2. The minimum absolute atomic E-state index is 0.212. The second kappa shape index (κ2) is 7.14. The summed E-state index contributed by atoms with van der Waals surface area (Å²) in [6.07, 6.45) is 0. The summed E-state index contributed by atoms with van der Waals surface area (Å²) in [7, 11) is 0. The maximum atomic E-state index is 12.2. The zero-order valence-corrected chi connectivity index (χ0v) is 14.0. The largest absolute Gasteiger partial charge is 0.298 e. The molecule has 2 rings (SSSR count). The highest BCUT2D eigenvalue weighted by atomic mass is 35.5. The van der Waals surface area contributed by atoms with Crippen LogP contribution in [0.5, 0.6) is 0 Å². The van der Waals surface area contributed by atoms with Crippen molar-refractivity contribution in [2.45, 2.75) is 11.1 Å². The van der Waals surface area contributed by atoms with Crippen LogP contribution in [-0.4, -0.2) is 16.6 Å². The molecule has 2 aromatic rings. The van der Waals surface area contributed by atoms with Crippen molar-refractivity contribution < 1.29 is 4.79 Å². The third kappa shape index (κ3) is 3.89. The van der Waals surface area contributed by atoms with Gasteiger partial charge in [0, 0.05) is 0 Å². The lowest BCUT2D eigenvalue weighted by Gasteiger charge is -2.04. The van der Waals surface area contributed by atoms with Crippen molar-refractivity contribution >= 4 is 57.3 Å². The second-order valence-electron chi connectivity index (χ2n) is 3.89. The number of thioether (sulfide) groups is 1. The molecule has 8 heteroatoms. The van der Waals surface area contributed by atoms with Gasteiger partial charge in [-0.05, 0) is 19.1 Å². The average Bonchev–Trinajstić information content (AvgIpc) is 2.79. The van der Waals surface area contributed by atoms with Crippen LogP contribution >= 0.6 is 46.3 Å². The Morgan fingerprint density at radius 3 is 3.00 bits per heavy atom. The van der Waals surface area contributed by atoms with E-state index in [1.54, 1.807) is 18.2 Å². The fraction of sp³-hybridized carbons (Fsp3) is 0.154. The van der Waals surface area contributed by atoms with E-state index in [2.05, 4.69) is 16.4 Å². The lowest BCUT2D eigenvalue weighted by Crippen LogP contribution is -2.12. The van der Waals surface area contributed by atoms with Crippen molar-refractivity contribution in [2.24, 2.45) is 0 Å². The summed E-state index contributed by atoms with van der Waals surface area (Å²) in [5.41, 5.74) is 1.08. The summed E-state index contributed by atoms with van der Waals surface area (Å²) in [5.74, 6) is -0.0237. The van der Waals surface area contributed by atoms with Gasteiger partial charge in [-0.1, -0.05) is 52.4 Å². The zero-order valence-electron chi connectivity index (χ0n) is 10.8. The zero-order chi connectivity index (χ0) is 15.4. The molecule has 0 radical (unpaired) electrons. The van der Waals surface area contributed by atoms with E-state index in [1.165, 1.54) is 23.1 Å². The van der Waals surface area contributed by atoms with Gasteiger partial charge in [-0.25, -0.2) is 4.98 Å². The molecule has 1 aromatic carbocycles. The maximum Gasteiger partial charge on any atom is 0.259 e. The highest BCUT2D eigenvalue weighted by Gasteiger charge is 2.15. The van der Waals surface area contributed by atoms with E-state index in [9.17, 15) is 4.79 Å². The van der Waals surface area contributed by atoms with Gasteiger partial charge < -0.3 is 0 Å². The molecule has 0 atom stereocenters. The fourth-order valence-electron chi connectivity index (χ4n) is 1.51. The first-order valence-corrected chi connectivity index (χ1v) is 8.31. The summed E-state index contributed by atoms with van der Waals surface area (Å²) < 4.78 is 0.907. The molecule has 0 fully saturated rings. The van der Waals surface area contributed by atoms with E-state index in [1.807, 2.05) is 6.92 Å². The molecule has 4 nitrogen and oxygen atoms in total. The van der Waals surface area contributed by atoms with Crippen molar-refractivity contribution in [1.29, 1.82) is 5.26 Å². The molecular weight excluding hydrogens is 349 g/mol. The third-order valence-corrected chi connectivity index (χ3v) is 5.56. The number of aryl methyl sites for hydroxylation is 1. The first kappa shape index (κ1) is 16.1. The van der Waals surface area contributed by atoms with Crippen molar-refractivity contribution in [1.82, 2.24) is 4.98 Å². The Morgan fingerprint density at radius 2 is 2.29 bits per heavy atom. The lowest BCUT2D eigenvalue weighted by atomic mass is 10.2. The smallest absolute Gasteiger partial charge is 0.259 e. The van der Waals surface area contributed by atoms with E-state index in [0.717, 1.165) is 9.90 Å². The quantitative estimate of drug-likeness (QED) is 0.810. The Hall–Kier alpha value is -1.26. The van der Waals surface area contributed by atoms with Gasteiger partial charge in [-0.2, -0.15) is 5.26 Å². The molecule has 0 spiro atoms. The summed E-state index contributed by atoms with van der Waals surface area (Å²) in [6.45, 7) is 1.83. The number of carbonyl (C=O) groups is 1. The second-order valence-corrected chi connectivity index (χ2v) is 6.92. The number of nitriles is 1. The van der Waals surface area contributed by atoms with Crippen LogP contribution < -0.4 is 5.32 Å². The number of hydrogen-bond acceptors (Lipinski definition) is 5. The van der Waals surface area contributed by atoms with E-state index >= 15 is 0 Å². The molecular formula is C13H9Cl2N3OS2. The molecule has 21 heavy (non-hydrogen) atoms. The molecule has 1 heterocycles. The van der Waals surface area contributed by atoms with Crippen LogP contribution in [0.15, 0.2) is 22.4 Å². The fourth-order valence-corrected chi connectivity index (χ4v) is 3.69. The van der Waals surface area contributed by atoms with Gasteiger partial charge in [0.25, 0.3) is 5.91 Å². The Morgan fingerprint density at radius 1 is 1.52 bits per heavy atom. The van der Waals surface area contributed by atoms with E-state index in [4.69, 9.17) is 28.5 Å².